The Morgan fingerprint density at radius 1 is 1.10 bits per heavy atom. The zero-order valence-electron chi connectivity index (χ0n) is 24.2. The average Bonchev–Trinajstić information content (AvgIpc) is 3.65. The van der Waals surface area contributed by atoms with E-state index in [2.05, 4.69) is 34.6 Å². The van der Waals surface area contributed by atoms with Crippen LogP contribution in [0, 0.1) is 18.8 Å². The first-order valence-corrected chi connectivity index (χ1v) is 15.1. The van der Waals surface area contributed by atoms with Crippen LogP contribution in [0.3, 0.4) is 0 Å². The lowest BCUT2D eigenvalue weighted by Gasteiger charge is -2.33. The van der Waals surface area contributed by atoms with E-state index < -0.39 is 6.17 Å². The maximum atomic E-state index is 14.2. The minimum Gasteiger partial charge on any atom is -0.381 e. The molecule has 1 aliphatic carbocycles. The quantitative estimate of drug-likeness (QED) is 0.313. The number of carbonyl (C=O) groups is 1. The number of piperidine rings is 2. The summed E-state index contributed by atoms with van der Waals surface area (Å²) >= 11 is 0. The summed E-state index contributed by atoms with van der Waals surface area (Å²) in [6.07, 6.45) is 6.20. The van der Waals surface area contributed by atoms with Gasteiger partial charge in [-0.1, -0.05) is 6.92 Å². The van der Waals surface area contributed by atoms with Crippen molar-refractivity contribution in [1.82, 2.24) is 24.1 Å². The highest BCUT2D eigenvalue weighted by Crippen LogP contribution is 2.37. The number of ether oxygens (including phenoxy) is 1. The summed E-state index contributed by atoms with van der Waals surface area (Å²) < 4.78 is 24.0. The molecular formula is C32H39FN6O2. The predicted octanol–water partition coefficient (Wildman–Crippen LogP) is 5.50. The second-order valence-corrected chi connectivity index (χ2v) is 12.5. The fraction of sp³-hybridized carbons (Fsp3) is 0.531. The molecule has 1 amide bonds. The minimum absolute atomic E-state index is 0.134. The molecule has 41 heavy (non-hydrogen) atoms. The Bertz CT molecular complexity index is 1590. The smallest absolute Gasteiger partial charge is 0.255 e. The van der Waals surface area contributed by atoms with Gasteiger partial charge in [0.05, 0.1) is 29.4 Å². The Morgan fingerprint density at radius 3 is 2.63 bits per heavy atom. The molecule has 2 aliphatic heterocycles. The molecule has 6 heterocycles. The van der Waals surface area contributed by atoms with Gasteiger partial charge in [0.2, 0.25) is 0 Å². The number of anilines is 1. The Labute approximate surface area is 240 Å². The molecule has 1 saturated carbocycles. The van der Waals surface area contributed by atoms with Crippen molar-refractivity contribution >= 4 is 28.3 Å². The molecule has 0 unspecified atom stereocenters. The zero-order valence-corrected chi connectivity index (χ0v) is 24.2. The van der Waals surface area contributed by atoms with Crippen LogP contribution in [-0.2, 0) is 11.3 Å². The van der Waals surface area contributed by atoms with E-state index in [1.165, 1.54) is 12.8 Å². The summed E-state index contributed by atoms with van der Waals surface area (Å²) in [5, 5.41) is 6.13. The second-order valence-electron chi connectivity index (χ2n) is 12.5. The minimum atomic E-state index is -0.968. The summed E-state index contributed by atoms with van der Waals surface area (Å²) in [6.45, 7) is 7.66. The number of fused-ring (bicyclic) bond motifs is 2. The van der Waals surface area contributed by atoms with Gasteiger partial charge in [-0.2, -0.15) is 5.10 Å². The van der Waals surface area contributed by atoms with Gasteiger partial charge in [0, 0.05) is 50.4 Å². The highest BCUT2D eigenvalue weighted by molar-refractivity contribution is 5.95. The lowest BCUT2D eigenvalue weighted by molar-refractivity contribution is 0.0555. The molecule has 0 bridgehead atoms. The number of amides is 1. The second kappa shape index (κ2) is 10.4. The van der Waals surface area contributed by atoms with Gasteiger partial charge in [0.25, 0.3) is 5.91 Å². The summed E-state index contributed by atoms with van der Waals surface area (Å²) in [5.74, 6) is 1.71. The lowest BCUT2D eigenvalue weighted by atomic mass is 9.98. The number of likely N-dealkylation sites (tertiary alicyclic amines) is 1. The third-order valence-corrected chi connectivity index (χ3v) is 9.23. The zero-order chi connectivity index (χ0) is 28.2. The summed E-state index contributed by atoms with van der Waals surface area (Å²) in [5.41, 5.74) is 5.55. The molecule has 2 atom stereocenters. The maximum absolute atomic E-state index is 14.2. The van der Waals surface area contributed by atoms with Crippen molar-refractivity contribution in [1.29, 1.82) is 0 Å². The van der Waals surface area contributed by atoms with E-state index in [9.17, 15) is 9.18 Å². The normalized spacial score (nSPS) is 22.2. The van der Waals surface area contributed by atoms with Crippen molar-refractivity contribution in [3.05, 3.63) is 47.7 Å². The number of halogens is 1. The summed E-state index contributed by atoms with van der Waals surface area (Å²) in [4.78, 5) is 22.5. The predicted molar refractivity (Wildman–Crippen MR) is 158 cm³/mol. The molecular weight excluding hydrogens is 519 g/mol. The van der Waals surface area contributed by atoms with Gasteiger partial charge in [0.1, 0.15) is 23.3 Å². The summed E-state index contributed by atoms with van der Waals surface area (Å²) in [7, 11) is 1.80. The molecule has 7 rings (SSSR count). The number of pyridine rings is 2. The van der Waals surface area contributed by atoms with E-state index in [1.807, 2.05) is 23.6 Å². The number of alkyl halides is 1. The van der Waals surface area contributed by atoms with Crippen LogP contribution in [0.15, 0.2) is 36.5 Å². The average molecular weight is 559 g/mol. The molecule has 3 aliphatic rings. The molecule has 4 aromatic rings. The Kier molecular flexibility index (Phi) is 6.72. The first kappa shape index (κ1) is 26.4. The monoisotopic (exact) mass is 558 g/mol. The number of hydrogen-bond donors (Lipinski definition) is 0. The molecule has 8 nitrogen and oxygen atoms in total. The van der Waals surface area contributed by atoms with Crippen LogP contribution in [0.1, 0.15) is 54.9 Å². The largest absolute Gasteiger partial charge is 0.381 e. The SMILES string of the molecule is COC1CCN(c2ccc3cc(-c4nn5cc(C(=O)N6C[C@H](C)C[C@@H](F)C6)ccc5c4C)n(CC4CC4)c3n2)CC1. The van der Waals surface area contributed by atoms with Crippen LogP contribution < -0.4 is 4.90 Å². The molecule has 216 valence electrons. The number of hydrogen-bond acceptors (Lipinski definition) is 5. The first-order valence-electron chi connectivity index (χ1n) is 15.1. The van der Waals surface area contributed by atoms with Gasteiger partial charge in [-0.15, -0.1) is 0 Å². The third-order valence-electron chi connectivity index (χ3n) is 9.23. The van der Waals surface area contributed by atoms with Crippen molar-refractivity contribution in [2.75, 3.05) is 38.2 Å². The molecule has 4 aromatic heterocycles. The van der Waals surface area contributed by atoms with Crippen molar-refractivity contribution < 1.29 is 13.9 Å². The van der Waals surface area contributed by atoms with Gasteiger partial charge in [-0.3, -0.25) is 4.79 Å². The van der Waals surface area contributed by atoms with Crippen LogP contribution in [-0.4, -0.2) is 75.5 Å². The van der Waals surface area contributed by atoms with Crippen LogP contribution in [0.4, 0.5) is 10.2 Å². The number of carbonyl (C=O) groups excluding carboxylic acids is 1. The molecule has 9 heteroatoms. The van der Waals surface area contributed by atoms with E-state index >= 15 is 0 Å². The molecule has 0 radical (unpaired) electrons. The molecule has 0 spiro atoms. The van der Waals surface area contributed by atoms with Gasteiger partial charge >= 0.3 is 0 Å². The van der Waals surface area contributed by atoms with E-state index in [-0.39, 0.29) is 18.4 Å². The van der Waals surface area contributed by atoms with Crippen molar-refractivity contribution in [3.8, 4) is 11.4 Å². The third kappa shape index (κ3) is 4.98. The number of aryl methyl sites for hydroxylation is 1. The molecule has 3 fully saturated rings. The highest BCUT2D eigenvalue weighted by atomic mass is 19.1. The Morgan fingerprint density at radius 2 is 1.90 bits per heavy atom. The lowest BCUT2D eigenvalue weighted by Crippen LogP contribution is -2.44. The number of rotatable bonds is 6. The Hall–Kier alpha value is -3.46. The summed E-state index contributed by atoms with van der Waals surface area (Å²) in [6, 6.07) is 10.4. The molecule has 2 saturated heterocycles. The van der Waals surface area contributed by atoms with Crippen molar-refractivity contribution in [3.63, 3.8) is 0 Å². The van der Waals surface area contributed by atoms with E-state index in [1.54, 1.807) is 18.2 Å². The standard InChI is InChI=1S/C32H39FN6O2/c1-20-14-25(33)19-37(16-20)32(40)24-6-8-27-21(2)30(35-39(27)18-24)28-15-23-7-9-29(36-12-10-26(41-3)11-13-36)34-31(23)38(28)17-22-4-5-22/h6-9,15,18,20,22,25-26H,4-5,10-14,16-17,19H2,1-3H3/t20-,25-/m1/s1. The maximum Gasteiger partial charge on any atom is 0.255 e. The Balaban J connectivity index is 1.24. The number of methoxy groups -OCH3 is 1. The fourth-order valence-electron chi connectivity index (χ4n) is 6.72. The number of nitrogens with zero attached hydrogens (tertiary/aromatic N) is 6. The number of aromatic nitrogens is 4. The fourth-order valence-corrected chi connectivity index (χ4v) is 6.72. The van der Waals surface area contributed by atoms with Gasteiger partial charge in [-0.05, 0) is 81.2 Å². The van der Waals surface area contributed by atoms with Crippen LogP contribution in [0.5, 0.6) is 0 Å². The van der Waals surface area contributed by atoms with Gasteiger partial charge in [-0.25, -0.2) is 13.9 Å². The molecule has 0 N–H and O–H groups in total. The van der Waals surface area contributed by atoms with E-state index in [4.69, 9.17) is 14.8 Å². The van der Waals surface area contributed by atoms with Crippen molar-refractivity contribution in [2.24, 2.45) is 11.8 Å². The highest BCUT2D eigenvalue weighted by Gasteiger charge is 2.30. The van der Waals surface area contributed by atoms with E-state index in [0.717, 1.165) is 71.8 Å². The topological polar surface area (TPSA) is 67.9 Å². The first-order chi connectivity index (χ1) is 19.9. The van der Waals surface area contributed by atoms with Crippen LogP contribution in [0.2, 0.25) is 0 Å². The van der Waals surface area contributed by atoms with Crippen LogP contribution in [0.25, 0.3) is 27.9 Å². The molecule has 0 aromatic carbocycles. The van der Waals surface area contributed by atoms with Crippen LogP contribution >= 0.6 is 0 Å². The van der Waals surface area contributed by atoms with E-state index in [0.29, 0.717) is 30.6 Å². The van der Waals surface area contributed by atoms with Gasteiger partial charge in [0.15, 0.2) is 0 Å². The van der Waals surface area contributed by atoms with Gasteiger partial charge < -0.3 is 19.1 Å². The van der Waals surface area contributed by atoms with Crippen molar-refractivity contribution in [2.45, 2.75) is 64.8 Å².